The smallest absolute Gasteiger partial charge is 0.232 e. The molecule has 3 rings (SSSR count). The summed E-state index contributed by atoms with van der Waals surface area (Å²) in [5, 5.41) is 2.82. The second-order valence-corrected chi connectivity index (χ2v) is 10.3. The van der Waals surface area contributed by atoms with E-state index in [0.717, 1.165) is 6.26 Å². The van der Waals surface area contributed by atoms with Gasteiger partial charge in [0.15, 0.2) is 11.5 Å². The van der Waals surface area contributed by atoms with Crippen LogP contribution >= 0.6 is 11.8 Å². The lowest BCUT2D eigenvalue weighted by Crippen LogP contribution is -2.32. The number of benzene rings is 2. The highest BCUT2D eigenvalue weighted by Crippen LogP contribution is 2.34. The molecule has 1 amide bonds. The van der Waals surface area contributed by atoms with E-state index < -0.39 is 10.0 Å². The highest BCUT2D eigenvalue weighted by molar-refractivity contribution is 7.98. The summed E-state index contributed by atoms with van der Waals surface area (Å²) in [6.07, 6.45) is 1.71. The van der Waals surface area contributed by atoms with Gasteiger partial charge in [0.1, 0.15) is 19.0 Å². The molecule has 32 heavy (non-hydrogen) atoms. The van der Waals surface area contributed by atoms with Gasteiger partial charge in [-0.3, -0.25) is 9.10 Å². The SMILES string of the molecule is CS(=O)(=O)N(CCCC(=O)NCCSCc1ccccc1F)c1ccc2c(c1)OCCO2. The molecule has 2 aromatic carbocycles. The molecule has 0 radical (unpaired) electrons. The van der Waals surface area contributed by atoms with Crippen LogP contribution in [0.4, 0.5) is 10.1 Å². The molecule has 7 nitrogen and oxygen atoms in total. The Kier molecular flexibility index (Phi) is 8.63. The first-order valence-electron chi connectivity index (χ1n) is 10.3. The molecule has 1 aliphatic rings. The predicted molar refractivity (Wildman–Crippen MR) is 124 cm³/mol. The molecule has 10 heteroatoms. The highest BCUT2D eigenvalue weighted by Gasteiger charge is 2.21. The Bertz CT molecular complexity index is 1030. The van der Waals surface area contributed by atoms with E-state index >= 15 is 0 Å². The van der Waals surface area contributed by atoms with E-state index in [1.165, 1.54) is 22.1 Å². The summed E-state index contributed by atoms with van der Waals surface area (Å²) in [5.74, 6) is 1.92. The molecule has 0 aromatic heterocycles. The third-order valence-electron chi connectivity index (χ3n) is 4.76. The van der Waals surface area contributed by atoms with Crippen LogP contribution in [0.1, 0.15) is 18.4 Å². The van der Waals surface area contributed by atoms with Crippen LogP contribution in [0.2, 0.25) is 0 Å². The summed E-state index contributed by atoms with van der Waals surface area (Å²) in [7, 11) is -3.53. The van der Waals surface area contributed by atoms with Crippen molar-refractivity contribution in [2.75, 3.05) is 42.6 Å². The number of rotatable bonds is 11. The van der Waals surface area contributed by atoms with Crippen LogP contribution in [-0.4, -0.2) is 52.6 Å². The zero-order chi connectivity index (χ0) is 23.0. The van der Waals surface area contributed by atoms with Gasteiger partial charge in [0.05, 0.1) is 11.9 Å². The maximum absolute atomic E-state index is 13.6. The molecule has 0 saturated carbocycles. The Morgan fingerprint density at radius 1 is 1.16 bits per heavy atom. The molecule has 174 valence electrons. The molecule has 0 spiro atoms. The van der Waals surface area contributed by atoms with Gasteiger partial charge in [-0.25, -0.2) is 12.8 Å². The maximum atomic E-state index is 13.6. The number of sulfonamides is 1. The summed E-state index contributed by atoms with van der Waals surface area (Å²) < 4.78 is 50.4. The molecule has 0 unspecified atom stereocenters. The molecule has 0 aliphatic carbocycles. The first-order chi connectivity index (χ1) is 15.3. The number of halogens is 1. The summed E-state index contributed by atoms with van der Waals surface area (Å²) in [6.45, 7) is 1.51. The highest BCUT2D eigenvalue weighted by atomic mass is 32.2. The minimum absolute atomic E-state index is 0.146. The number of carbonyl (C=O) groups is 1. The number of carbonyl (C=O) groups excluding carboxylic acids is 1. The van der Waals surface area contributed by atoms with E-state index in [9.17, 15) is 17.6 Å². The summed E-state index contributed by atoms with van der Waals surface area (Å²) in [5.41, 5.74) is 1.12. The van der Waals surface area contributed by atoms with Crippen molar-refractivity contribution in [3.05, 3.63) is 53.8 Å². The zero-order valence-corrected chi connectivity index (χ0v) is 19.5. The van der Waals surface area contributed by atoms with Gasteiger partial charge in [0.25, 0.3) is 0 Å². The molecule has 0 fully saturated rings. The maximum Gasteiger partial charge on any atom is 0.232 e. The van der Waals surface area contributed by atoms with Crippen LogP contribution in [0.25, 0.3) is 0 Å². The lowest BCUT2D eigenvalue weighted by molar-refractivity contribution is -0.121. The van der Waals surface area contributed by atoms with Crippen molar-refractivity contribution in [1.82, 2.24) is 5.32 Å². The van der Waals surface area contributed by atoms with Crippen LogP contribution in [0.5, 0.6) is 11.5 Å². The molecule has 0 saturated heterocycles. The van der Waals surface area contributed by atoms with Crippen LogP contribution in [0, 0.1) is 5.82 Å². The van der Waals surface area contributed by atoms with Crippen molar-refractivity contribution in [2.45, 2.75) is 18.6 Å². The topological polar surface area (TPSA) is 84.9 Å². The van der Waals surface area contributed by atoms with Gasteiger partial charge in [-0.15, -0.1) is 0 Å². The Balaban J connectivity index is 1.42. The number of amides is 1. The van der Waals surface area contributed by atoms with E-state index in [1.54, 1.807) is 36.4 Å². The number of hydrogen-bond donors (Lipinski definition) is 1. The van der Waals surface area contributed by atoms with Crippen molar-refractivity contribution in [3.63, 3.8) is 0 Å². The van der Waals surface area contributed by atoms with E-state index in [0.29, 0.717) is 60.4 Å². The standard InChI is InChI=1S/C22H27FN2O5S2/c1-32(27,28)25(18-8-9-20-21(15-18)30-13-12-29-20)11-4-7-22(26)24-10-14-31-16-17-5-2-3-6-19(17)23/h2-3,5-6,8-9,15H,4,7,10-14,16H2,1H3,(H,24,26). The largest absolute Gasteiger partial charge is 0.486 e. The van der Waals surface area contributed by atoms with Crippen molar-refractivity contribution in [2.24, 2.45) is 0 Å². The van der Waals surface area contributed by atoms with Crippen molar-refractivity contribution in [1.29, 1.82) is 0 Å². The van der Waals surface area contributed by atoms with Crippen molar-refractivity contribution in [3.8, 4) is 11.5 Å². The lowest BCUT2D eigenvalue weighted by atomic mass is 10.2. The lowest BCUT2D eigenvalue weighted by Gasteiger charge is -2.25. The average Bonchev–Trinajstić information content (AvgIpc) is 2.76. The minimum atomic E-state index is -3.53. The van der Waals surface area contributed by atoms with Gasteiger partial charge in [-0.05, 0) is 30.2 Å². The van der Waals surface area contributed by atoms with Crippen LogP contribution in [0.3, 0.4) is 0 Å². The molecule has 1 aliphatic heterocycles. The number of anilines is 1. The van der Waals surface area contributed by atoms with Crippen LogP contribution < -0.4 is 19.1 Å². The minimum Gasteiger partial charge on any atom is -0.486 e. The van der Waals surface area contributed by atoms with Gasteiger partial charge in [0, 0.05) is 37.1 Å². The zero-order valence-electron chi connectivity index (χ0n) is 17.9. The first kappa shape index (κ1) is 24.2. The Labute approximate surface area is 192 Å². The van der Waals surface area contributed by atoms with Gasteiger partial charge in [0.2, 0.25) is 15.9 Å². The predicted octanol–water partition coefficient (Wildman–Crippen LogP) is 3.19. The number of nitrogens with zero attached hydrogens (tertiary/aromatic N) is 1. The van der Waals surface area contributed by atoms with Crippen molar-refractivity contribution < 1.29 is 27.1 Å². The third kappa shape index (κ3) is 7.03. The van der Waals surface area contributed by atoms with Crippen LogP contribution in [0.15, 0.2) is 42.5 Å². The summed E-state index contributed by atoms with van der Waals surface area (Å²) >= 11 is 1.54. The van der Waals surface area contributed by atoms with E-state index in [2.05, 4.69) is 5.32 Å². The van der Waals surface area contributed by atoms with E-state index in [4.69, 9.17) is 9.47 Å². The molecule has 2 aromatic rings. The molecule has 0 atom stereocenters. The van der Waals surface area contributed by atoms with Gasteiger partial charge in [-0.1, -0.05) is 18.2 Å². The number of hydrogen-bond acceptors (Lipinski definition) is 6. The van der Waals surface area contributed by atoms with Crippen LogP contribution in [-0.2, 0) is 20.6 Å². The Hall–Kier alpha value is -2.46. The number of fused-ring (bicyclic) bond motifs is 1. The Morgan fingerprint density at radius 2 is 1.91 bits per heavy atom. The number of nitrogens with one attached hydrogen (secondary N) is 1. The van der Waals surface area contributed by atoms with Crippen molar-refractivity contribution >= 4 is 33.4 Å². The third-order valence-corrected chi connectivity index (χ3v) is 6.97. The number of ether oxygens (including phenoxy) is 2. The molecular formula is C22H27FN2O5S2. The fraction of sp³-hybridized carbons (Fsp3) is 0.409. The van der Waals surface area contributed by atoms with Gasteiger partial charge in [-0.2, -0.15) is 11.8 Å². The quantitative estimate of drug-likeness (QED) is 0.495. The van der Waals surface area contributed by atoms with Gasteiger partial charge < -0.3 is 14.8 Å². The normalized spacial score (nSPS) is 12.9. The fourth-order valence-electron chi connectivity index (χ4n) is 3.21. The summed E-state index contributed by atoms with van der Waals surface area (Å²) in [4.78, 5) is 12.1. The second kappa shape index (κ2) is 11.4. The molecule has 1 N–H and O–H groups in total. The molecular weight excluding hydrogens is 455 g/mol. The monoisotopic (exact) mass is 482 g/mol. The van der Waals surface area contributed by atoms with E-state index in [1.807, 2.05) is 0 Å². The number of thioether (sulfide) groups is 1. The van der Waals surface area contributed by atoms with E-state index in [-0.39, 0.29) is 24.7 Å². The Morgan fingerprint density at radius 3 is 2.66 bits per heavy atom. The fourth-order valence-corrected chi connectivity index (χ4v) is 5.01. The summed E-state index contributed by atoms with van der Waals surface area (Å²) in [6, 6.07) is 11.6. The van der Waals surface area contributed by atoms with Gasteiger partial charge >= 0.3 is 0 Å². The second-order valence-electron chi connectivity index (χ2n) is 7.26. The first-order valence-corrected chi connectivity index (χ1v) is 13.3. The average molecular weight is 483 g/mol. The molecule has 1 heterocycles. The molecule has 0 bridgehead atoms.